The highest BCUT2D eigenvalue weighted by molar-refractivity contribution is 5.81. The molecule has 0 aliphatic carbocycles. The Morgan fingerprint density at radius 1 is 1.38 bits per heavy atom. The Bertz CT molecular complexity index is 483. The first-order valence-electron chi connectivity index (χ1n) is 7.53. The van der Waals surface area contributed by atoms with Crippen LogP contribution < -0.4 is 10.1 Å². The van der Waals surface area contributed by atoms with Crippen LogP contribution in [0, 0.1) is 0 Å². The van der Waals surface area contributed by atoms with Gasteiger partial charge in [0.25, 0.3) is 5.91 Å². The first kappa shape index (κ1) is 14.4. The van der Waals surface area contributed by atoms with E-state index in [1.54, 1.807) is 7.11 Å². The minimum absolute atomic E-state index is 0.123. The van der Waals surface area contributed by atoms with E-state index in [0.717, 1.165) is 31.8 Å². The lowest BCUT2D eigenvalue weighted by atomic mass is 9.98. The zero-order chi connectivity index (χ0) is 14.7. The van der Waals surface area contributed by atoms with Crippen LogP contribution in [0.15, 0.2) is 24.3 Å². The molecule has 0 saturated carbocycles. The molecule has 2 aliphatic rings. The Labute approximate surface area is 125 Å². The molecule has 2 atom stereocenters. The number of carbonyl (C=O) groups excluding carboxylic acids is 1. The Morgan fingerprint density at radius 2 is 2.19 bits per heavy atom. The fourth-order valence-corrected chi connectivity index (χ4v) is 3.04. The van der Waals surface area contributed by atoms with Crippen molar-refractivity contribution in [3.05, 3.63) is 29.8 Å². The number of likely N-dealkylation sites (tertiary alicyclic amines) is 1. The van der Waals surface area contributed by atoms with Gasteiger partial charge < -0.3 is 19.7 Å². The van der Waals surface area contributed by atoms with Crippen molar-refractivity contribution in [2.45, 2.75) is 18.4 Å². The Hall–Kier alpha value is -1.59. The molecule has 1 aromatic carbocycles. The van der Waals surface area contributed by atoms with Gasteiger partial charge in [-0.15, -0.1) is 0 Å². The van der Waals surface area contributed by atoms with E-state index >= 15 is 0 Å². The maximum atomic E-state index is 12.4. The molecule has 2 aliphatic heterocycles. The topological polar surface area (TPSA) is 50.8 Å². The number of nitrogens with zero attached hydrogens (tertiary/aromatic N) is 1. The minimum atomic E-state index is -0.312. The smallest absolute Gasteiger partial charge is 0.253 e. The van der Waals surface area contributed by atoms with Gasteiger partial charge in [-0.05, 0) is 24.1 Å². The summed E-state index contributed by atoms with van der Waals surface area (Å²) in [6.45, 7) is 3.67. The molecule has 2 heterocycles. The Balaban J connectivity index is 1.60. The fraction of sp³-hybridized carbons (Fsp3) is 0.562. The summed E-state index contributed by atoms with van der Waals surface area (Å²) >= 11 is 0. The molecule has 0 radical (unpaired) electrons. The number of morpholine rings is 1. The number of hydrogen-bond donors (Lipinski definition) is 1. The molecule has 2 unspecified atom stereocenters. The molecule has 0 spiro atoms. The highest BCUT2D eigenvalue weighted by Crippen LogP contribution is 2.29. The van der Waals surface area contributed by atoms with E-state index in [1.165, 1.54) is 5.56 Å². The Morgan fingerprint density at radius 3 is 2.86 bits per heavy atom. The second-order valence-corrected chi connectivity index (χ2v) is 5.61. The molecule has 114 valence electrons. The number of methoxy groups -OCH3 is 1. The highest BCUT2D eigenvalue weighted by atomic mass is 16.5. The van der Waals surface area contributed by atoms with E-state index in [4.69, 9.17) is 9.47 Å². The number of amides is 1. The molecular formula is C16H22N2O3. The van der Waals surface area contributed by atoms with E-state index < -0.39 is 0 Å². The average Bonchev–Trinajstić information content (AvgIpc) is 3.05. The zero-order valence-electron chi connectivity index (χ0n) is 12.4. The summed E-state index contributed by atoms with van der Waals surface area (Å²) < 4.78 is 10.7. The lowest BCUT2D eigenvalue weighted by molar-refractivity contribution is -0.144. The maximum Gasteiger partial charge on any atom is 0.253 e. The maximum absolute atomic E-state index is 12.4. The van der Waals surface area contributed by atoms with E-state index in [2.05, 4.69) is 17.4 Å². The van der Waals surface area contributed by atoms with Crippen LogP contribution in [0.4, 0.5) is 0 Å². The second kappa shape index (κ2) is 6.45. The zero-order valence-corrected chi connectivity index (χ0v) is 12.4. The number of ether oxygens (including phenoxy) is 2. The van der Waals surface area contributed by atoms with Crippen LogP contribution in [0.2, 0.25) is 0 Å². The molecule has 5 heteroatoms. The molecule has 3 rings (SSSR count). The van der Waals surface area contributed by atoms with Gasteiger partial charge in [0.05, 0.1) is 13.7 Å². The molecule has 1 aromatic rings. The lowest BCUT2D eigenvalue weighted by Crippen LogP contribution is -2.48. The first-order chi connectivity index (χ1) is 10.3. The van der Waals surface area contributed by atoms with Gasteiger partial charge >= 0.3 is 0 Å². The van der Waals surface area contributed by atoms with Crippen molar-refractivity contribution in [3.8, 4) is 5.75 Å². The van der Waals surface area contributed by atoms with Crippen LogP contribution in [0.1, 0.15) is 17.9 Å². The van der Waals surface area contributed by atoms with Crippen LogP contribution >= 0.6 is 0 Å². The number of hydrogen-bond acceptors (Lipinski definition) is 4. The monoisotopic (exact) mass is 290 g/mol. The molecule has 1 N–H and O–H groups in total. The third-order valence-corrected chi connectivity index (χ3v) is 4.29. The minimum Gasteiger partial charge on any atom is -0.497 e. The number of benzene rings is 1. The molecule has 2 saturated heterocycles. The second-order valence-electron chi connectivity index (χ2n) is 5.61. The van der Waals surface area contributed by atoms with Crippen molar-refractivity contribution >= 4 is 5.91 Å². The SMILES string of the molecule is COc1ccc(C2CCN(C(=O)C3CNCCO3)C2)cc1. The summed E-state index contributed by atoms with van der Waals surface area (Å²) in [4.78, 5) is 14.4. The summed E-state index contributed by atoms with van der Waals surface area (Å²) in [6, 6.07) is 8.15. The van der Waals surface area contributed by atoms with Crippen molar-refractivity contribution in [3.63, 3.8) is 0 Å². The third-order valence-electron chi connectivity index (χ3n) is 4.29. The average molecular weight is 290 g/mol. The van der Waals surface area contributed by atoms with E-state index in [-0.39, 0.29) is 12.0 Å². The lowest BCUT2D eigenvalue weighted by Gasteiger charge is -2.27. The van der Waals surface area contributed by atoms with Crippen LogP contribution in [-0.2, 0) is 9.53 Å². The van der Waals surface area contributed by atoms with Crippen LogP contribution in [0.25, 0.3) is 0 Å². The van der Waals surface area contributed by atoms with Crippen molar-refractivity contribution in [2.75, 3.05) is 39.9 Å². The Kier molecular flexibility index (Phi) is 4.41. The molecular weight excluding hydrogens is 268 g/mol. The quantitative estimate of drug-likeness (QED) is 0.902. The molecule has 5 nitrogen and oxygen atoms in total. The van der Waals surface area contributed by atoms with Gasteiger partial charge in [-0.25, -0.2) is 0 Å². The number of rotatable bonds is 3. The summed E-state index contributed by atoms with van der Waals surface area (Å²) in [7, 11) is 1.67. The summed E-state index contributed by atoms with van der Waals surface area (Å²) in [5.41, 5.74) is 1.27. The van der Waals surface area contributed by atoms with Gasteiger partial charge in [-0.2, -0.15) is 0 Å². The van der Waals surface area contributed by atoms with Crippen LogP contribution in [0.3, 0.4) is 0 Å². The molecule has 1 amide bonds. The predicted octanol–water partition coefficient (Wildman–Crippen LogP) is 0.999. The normalized spacial score (nSPS) is 25.9. The van der Waals surface area contributed by atoms with Gasteiger partial charge in [0, 0.05) is 32.1 Å². The number of carbonyl (C=O) groups is 1. The third kappa shape index (κ3) is 3.19. The molecule has 0 aromatic heterocycles. The van der Waals surface area contributed by atoms with Crippen molar-refractivity contribution < 1.29 is 14.3 Å². The van der Waals surface area contributed by atoms with Gasteiger partial charge in [0.2, 0.25) is 0 Å². The summed E-state index contributed by atoms with van der Waals surface area (Å²) in [5, 5.41) is 3.21. The largest absolute Gasteiger partial charge is 0.497 e. The highest BCUT2D eigenvalue weighted by Gasteiger charge is 2.32. The predicted molar refractivity (Wildman–Crippen MR) is 79.5 cm³/mol. The molecule has 0 bridgehead atoms. The van der Waals surface area contributed by atoms with E-state index in [9.17, 15) is 4.79 Å². The van der Waals surface area contributed by atoms with Gasteiger partial charge in [-0.3, -0.25) is 4.79 Å². The summed E-state index contributed by atoms with van der Waals surface area (Å²) in [6.07, 6.45) is 0.700. The molecule has 2 fully saturated rings. The van der Waals surface area contributed by atoms with Gasteiger partial charge in [0.15, 0.2) is 0 Å². The van der Waals surface area contributed by atoms with Crippen LogP contribution in [-0.4, -0.2) is 56.8 Å². The fourth-order valence-electron chi connectivity index (χ4n) is 3.04. The first-order valence-corrected chi connectivity index (χ1v) is 7.53. The van der Waals surface area contributed by atoms with Crippen LogP contribution in [0.5, 0.6) is 5.75 Å². The molecule has 21 heavy (non-hydrogen) atoms. The van der Waals surface area contributed by atoms with Gasteiger partial charge in [-0.1, -0.05) is 12.1 Å². The van der Waals surface area contributed by atoms with Crippen molar-refractivity contribution in [1.29, 1.82) is 0 Å². The van der Waals surface area contributed by atoms with Gasteiger partial charge in [0.1, 0.15) is 11.9 Å². The summed E-state index contributed by atoms with van der Waals surface area (Å²) in [5.74, 6) is 1.40. The van der Waals surface area contributed by atoms with Crippen molar-refractivity contribution in [1.82, 2.24) is 10.2 Å². The van der Waals surface area contributed by atoms with E-state index in [0.29, 0.717) is 19.1 Å². The van der Waals surface area contributed by atoms with E-state index in [1.807, 2.05) is 17.0 Å². The standard InChI is InChI=1S/C16H22N2O3/c1-20-14-4-2-12(3-5-14)13-6-8-18(11-13)16(19)15-10-17-7-9-21-15/h2-5,13,15,17H,6-11H2,1H3. The number of nitrogens with one attached hydrogen (secondary N) is 1. The van der Waals surface area contributed by atoms with Crippen molar-refractivity contribution in [2.24, 2.45) is 0 Å².